The molecule has 0 atom stereocenters. The van der Waals surface area contributed by atoms with E-state index in [2.05, 4.69) is 16.6 Å². The Kier molecular flexibility index (Phi) is 5.13. The zero-order valence-electron chi connectivity index (χ0n) is 11.3. The van der Waals surface area contributed by atoms with Gasteiger partial charge in [0.1, 0.15) is 0 Å². The standard InChI is InChI=1S/C16H14N2O2S/c1-2-12-5-3-6-13(11-12)18-15(19)8-9-17-16(20)14-7-4-10-21-14/h1,3-7,10-11H,8-9H2,(H,17,20)(H,18,19). The maximum absolute atomic E-state index is 11.8. The van der Waals surface area contributed by atoms with Gasteiger partial charge in [0, 0.05) is 24.2 Å². The van der Waals surface area contributed by atoms with Crippen LogP contribution in [0.5, 0.6) is 0 Å². The highest BCUT2D eigenvalue weighted by Gasteiger charge is 2.07. The molecule has 0 saturated carbocycles. The molecule has 21 heavy (non-hydrogen) atoms. The lowest BCUT2D eigenvalue weighted by Gasteiger charge is -2.06. The molecule has 0 fully saturated rings. The Bertz CT molecular complexity index is 672. The van der Waals surface area contributed by atoms with Gasteiger partial charge in [0.2, 0.25) is 5.91 Å². The predicted octanol–water partition coefficient (Wildman–Crippen LogP) is 2.49. The van der Waals surface area contributed by atoms with Crippen LogP contribution in [0, 0.1) is 12.3 Å². The summed E-state index contributed by atoms with van der Waals surface area (Å²) in [6.45, 7) is 0.289. The van der Waals surface area contributed by atoms with Gasteiger partial charge in [0.25, 0.3) is 5.91 Å². The Balaban J connectivity index is 1.77. The highest BCUT2D eigenvalue weighted by atomic mass is 32.1. The maximum Gasteiger partial charge on any atom is 0.261 e. The number of hydrogen-bond acceptors (Lipinski definition) is 3. The summed E-state index contributed by atoms with van der Waals surface area (Å²) in [6.07, 6.45) is 5.51. The van der Waals surface area contributed by atoms with Crippen molar-refractivity contribution >= 4 is 28.8 Å². The van der Waals surface area contributed by atoms with Gasteiger partial charge in [0.15, 0.2) is 0 Å². The number of benzene rings is 1. The first kappa shape index (κ1) is 14.8. The third-order valence-corrected chi connectivity index (χ3v) is 3.56. The zero-order chi connectivity index (χ0) is 15.1. The molecule has 0 saturated heterocycles. The molecule has 0 spiro atoms. The minimum atomic E-state index is -0.171. The second-order valence-electron chi connectivity index (χ2n) is 4.26. The van der Waals surface area contributed by atoms with E-state index in [9.17, 15) is 9.59 Å². The molecule has 4 nitrogen and oxygen atoms in total. The van der Waals surface area contributed by atoms with E-state index in [0.29, 0.717) is 16.1 Å². The molecule has 1 aromatic heterocycles. The zero-order valence-corrected chi connectivity index (χ0v) is 12.1. The van der Waals surface area contributed by atoms with Crippen molar-refractivity contribution in [3.63, 3.8) is 0 Å². The minimum Gasteiger partial charge on any atom is -0.351 e. The molecule has 1 heterocycles. The molecule has 2 amide bonds. The van der Waals surface area contributed by atoms with Crippen LogP contribution in [0.2, 0.25) is 0 Å². The molecule has 0 aliphatic rings. The highest BCUT2D eigenvalue weighted by molar-refractivity contribution is 7.12. The molecule has 1 aromatic carbocycles. The van der Waals surface area contributed by atoms with Gasteiger partial charge >= 0.3 is 0 Å². The molecular weight excluding hydrogens is 284 g/mol. The first-order valence-electron chi connectivity index (χ1n) is 6.37. The normalized spacial score (nSPS) is 9.67. The van der Waals surface area contributed by atoms with Crippen molar-refractivity contribution in [1.82, 2.24) is 5.32 Å². The van der Waals surface area contributed by atoms with Crippen molar-refractivity contribution in [1.29, 1.82) is 0 Å². The Labute approximate surface area is 127 Å². The summed E-state index contributed by atoms with van der Waals surface area (Å²) in [5.41, 5.74) is 1.36. The Hall–Kier alpha value is -2.58. The number of thiophene rings is 1. The summed E-state index contributed by atoms with van der Waals surface area (Å²) >= 11 is 1.37. The molecule has 0 radical (unpaired) electrons. The van der Waals surface area contributed by atoms with Crippen LogP contribution in [0.3, 0.4) is 0 Å². The van der Waals surface area contributed by atoms with Crippen LogP contribution in [0.25, 0.3) is 0 Å². The molecule has 106 valence electrons. The summed E-state index contributed by atoms with van der Waals surface area (Å²) in [4.78, 5) is 24.1. The number of terminal acetylenes is 1. The van der Waals surface area contributed by atoms with Crippen LogP contribution in [0.1, 0.15) is 21.7 Å². The quantitative estimate of drug-likeness (QED) is 0.833. The van der Waals surface area contributed by atoms with E-state index in [4.69, 9.17) is 6.42 Å². The lowest BCUT2D eigenvalue weighted by Crippen LogP contribution is -2.27. The van der Waals surface area contributed by atoms with Crippen LogP contribution < -0.4 is 10.6 Å². The highest BCUT2D eigenvalue weighted by Crippen LogP contribution is 2.10. The van der Waals surface area contributed by atoms with Crippen molar-refractivity contribution in [3.05, 3.63) is 52.2 Å². The number of nitrogens with one attached hydrogen (secondary N) is 2. The summed E-state index contributed by atoms with van der Waals surface area (Å²) in [7, 11) is 0. The van der Waals surface area contributed by atoms with Crippen molar-refractivity contribution in [3.8, 4) is 12.3 Å². The second-order valence-corrected chi connectivity index (χ2v) is 5.20. The molecule has 5 heteroatoms. The number of anilines is 1. The number of hydrogen-bond donors (Lipinski definition) is 2. The topological polar surface area (TPSA) is 58.2 Å². The van der Waals surface area contributed by atoms with Gasteiger partial charge in [-0.3, -0.25) is 9.59 Å². The van der Waals surface area contributed by atoms with Gasteiger partial charge in [-0.15, -0.1) is 17.8 Å². The van der Waals surface area contributed by atoms with Crippen LogP contribution in [0.15, 0.2) is 41.8 Å². The fourth-order valence-corrected chi connectivity index (χ4v) is 2.33. The van der Waals surface area contributed by atoms with E-state index >= 15 is 0 Å². The van der Waals surface area contributed by atoms with Crippen molar-refractivity contribution in [2.45, 2.75) is 6.42 Å². The average Bonchev–Trinajstić information content (AvgIpc) is 3.01. The maximum atomic E-state index is 11.8. The Morgan fingerprint density at radius 3 is 2.81 bits per heavy atom. The Morgan fingerprint density at radius 1 is 1.24 bits per heavy atom. The van der Waals surface area contributed by atoms with Crippen LogP contribution >= 0.6 is 11.3 Å². The fraction of sp³-hybridized carbons (Fsp3) is 0.125. The van der Waals surface area contributed by atoms with Crippen LogP contribution in [-0.2, 0) is 4.79 Å². The van der Waals surface area contributed by atoms with Gasteiger partial charge < -0.3 is 10.6 Å². The largest absolute Gasteiger partial charge is 0.351 e. The average molecular weight is 298 g/mol. The predicted molar refractivity (Wildman–Crippen MR) is 84.3 cm³/mol. The lowest BCUT2D eigenvalue weighted by atomic mass is 10.2. The third-order valence-electron chi connectivity index (χ3n) is 2.70. The molecule has 0 unspecified atom stereocenters. The summed E-state index contributed by atoms with van der Waals surface area (Å²) < 4.78 is 0. The molecule has 2 N–H and O–H groups in total. The van der Waals surface area contributed by atoms with E-state index in [1.165, 1.54) is 11.3 Å². The van der Waals surface area contributed by atoms with E-state index in [-0.39, 0.29) is 24.8 Å². The van der Waals surface area contributed by atoms with Gasteiger partial charge in [0.05, 0.1) is 4.88 Å². The van der Waals surface area contributed by atoms with Gasteiger partial charge in [-0.2, -0.15) is 0 Å². The first-order chi connectivity index (χ1) is 10.2. The van der Waals surface area contributed by atoms with Gasteiger partial charge in [-0.25, -0.2) is 0 Å². The van der Waals surface area contributed by atoms with E-state index in [1.807, 2.05) is 11.4 Å². The molecule has 2 rings (SSSR count). The van der Waals surface area contributed by atoms with Crippen LogP contribution in [0.4, 0.5) is 5.69 Å². The second kappa shape index (κ2) is 7.27. The number of amides is 2. The van der Waals surface area contributed by atoms with Crippen molar-refractivity contribution in [2.24, 2.45) is 0 Å². The molecule has 2 aromatic rings. The minimum absolute atomic E-state index is 0.160. The van der Waals surface area contributed by atoms with Crippen LogP contribution in [-0.4, -0.2) is 18.4 Å². The monoisotopic (exact) mass is 298 g/mol. The summed E-state index contributed by atoms with van der Waals surface area (Å²) in [5.74, 6) is 2.18. The third kappa shape index (κ3) is 4.48. The molecule has 0 bridgehead atoms. The molecular formula is C16H14N2O2S. The first-order valence-corrected chi connectivity index (χ1v) is 7.25. The van der Waals surface area contributed by atoms with E-state index in [0.717, 1.165) is 0 Å². The lowest BCUT2D eigenvalue weighted by molar-refractivity contribution is -0.116. The van der Waals surface area contributed by atoms with Crippen molar-refractivity contribution in [2.75, 3.05) is 11.9 Å². The SMILES string of the molecule is C#Cc1cccc(NC(=O)CCNC(=O)c2cccs2)c1. The van der Waals surface area contributed by atoms with Crippen molar-refractivity contribution < 1.29 is 9.59 Å². The number of rotatable bonds is 5. The molecule has 0 aliphatic heterocycles. The smallest absolute Gasteiger partial charge is 0.261 e. The fourth-order valence-electron chi connectivity index (χ4n) is 1.69. The summed E-state index contributed by atoms with van der Waals surface area (Å²) in [5, 5.41) is 7.28. The van der Waals surface area contributed by atoms with E-state index < -0.39 is 0 Å². The number of carbonyl (C=O) groups is 2. The Morgan fingerprint density at radius 2 is 2.10 bits per heavy atom. The van der Waals surface area contributed by atoms with E-state index in [1.54, 1.807) is 30.3 Å². The van der Waals surface area contributed by atoms with Gasteiger partial charge in [-0.1, -0.05) is 18.1 Å². The summed E-state index contributed by atoms with van der Waals surface area (Å²) in [6, 6.07) is 10.6. The number of carbonyl (C=O) groups excluding carboxylic acids is 2. The molecule has 0 aliphatic carbocycles. The van der Waals surface area contributed by atoms with Gasteiger partial charge in [-0.05, 0) is 29.6 Å².